The molecule has 0 saturated heterocycles. The van der Waals surface area contributed by atoms with E-state index in [9.17, 15) is 27.6 Å². The summed E-state index contributed by atoms with van der Waals surface area (Å²) in [6.07, 6.45) is -4.65. The first-order valence-electron chi connectivity index (χ1n) is 10.2. The number of amides is 2. The van der Waals surface area contributed by atoms with Crippen LogP contribution in [-0.4, -0.2) is 35.4 Å². The summed E-state index contributed by atoms with van der Waals surface area (Å²) in [4.78, 5) is 40.3. The number of nitrogens with one attached hydrogen (secondary N) is 1. The lowest BCUT2D eigenvalue weighted by Crippen LogP contribution is -2.35. The number of aromatic nitrogens is 1. The SMILES string of the molecule is Cc1c(C(=O)N(C)C)cc(C(=O)NCc2ccc(Cl)c(Cl)c2)c(=O)n1-c1cccc(C(F)(F)F)c1. The first kappa shape index (κ1) is 26.3. The number of halogens is 5. The molecule has 0 aliphatic heterocycles. The van der Waals surface area contributed by atoms with Crippen molar-refractivity contribution in [2.75, 3.05) is 14.1 Å². The molecule has 3 rings (SSSR count). The molecule has 0 radical (unpaired) electrons. The number of pyridine rings is 1. The summed E-state index contributed by atoms with van der Waals surface area (Å²) in [6, 6.07) is 9.96. The predicted octanol–water partition coefficient (Wildman–Crippen LogP) is 5.10. The zero-order chi connectivity index (χ0) is 26.1. The van der Waals surface area contributed by atoms with Gasteiger partial charge in [-0.2, -0.15) is 13.2 Å². The van der Waals surface area contributed by atoms with E-state index in [0.29, 0.717) is 10.6 Å². The Morgan fingerprint density at radius 1 is 1.00 bits per heavy atom. The number of hydrogen-bond donors (Lipinski definition) is 1. The van der Waals surface area contributed by atoms with Crippen LogP contribution in [0.1, 0.15) is 37.5 Å². The van der Waals surface area contributed by atoms with Crippen molar-refractivity contribution in [3.8, 4) is 5.69 Å². The second-order valence-corrected chi connectivity index (χ2v) is 8.69. The molecule has 0 fully saturated rings. The molecule has 1 N–H and O–H groups in total. The lowest BCUT2D eigenvalue weighted by atomic mass is 10.1. The summed E-state index contributed by atoms with van der Waals surface area (Å²) >= 11 is 11.9. The summed E-state index contributed by atoms with van der Waals surface area (Å²) in [6.45, 7) is 1.42. The molecule has 0 spiro atoms. The molecule has 1 heterocycles. The van der Waals surface area contributed by atoms with Gasteiger partial charge >= 0.3 is 6.18 Å². The monoisotopic (exact) mass is 525 g/mol. The van der Waals surface area contributed by atoms with Crippen molar-refractivity contribution in [1.82, 2.24) is 14.8 Å². The van der Waals surface area contributed by atoms with Gasteiger partial charge in [0.05, 0.1) is 21.2 Å². The summed E-state index contributed by atoms with van der Waals surface area (Å²) in [5.74, 6) is -1.34. The Kier molecular flexibility index (Phi) is 7.62. The van der Waals surface area contributed by atoms with Gasteiger partial charge in [0.15, 0.2) is 0 Å². The number of carbonyl (C=O) groups is 2. The van der Waals surface area contributed by atoms with Crippen molar-refractivity contribution in [1.29, 1.82) is 0 Å². The first-order chi connectivity index (χ1) is 16.3. The fourth-order valence-electron chi connectivity index (χ4n) is 3.38. The summed E-state index contributed by atoms with van der Waals surface area (Å²) in [5, 5.41) is 3.18. The lowest BCUT2D eigenvalue weighted by Gasteiger charge is -2.19. The van der Waals surface area contributed by atoms with Gasteiger partial charge in [-0.1, -0.05) is 35.3 Å². The van der Waals surface area contributed by atoms with E-state index in [2.05, 4.69) is 5.32 Å². The van der Waals surface area contributed by atoms with Crippen molar-refractivity contribution in [3.05, 3.63) is 96.9 Å². The topological polar surface area (TPSA) is 71.4 Å². The van der Waals surface area contributed by atoms with Gasteiger partial charge < -0.3 is 10.2 Å². The Bertz CT molecular complexity index is 1370. The summed E-state index contributed by atoms with van der Waals surface area (Å²) in [7, 11) is 2.96. The predicted molar refractivity (Wildman–Crippen MR) is 127 cm³/mol. The maximum Gasteiger partial charge on any atom is 0.416 e. The van der Waals surface area contributed by atoms with Crippen molar-refractivity contribution < 1.29 is 22.8 Å². The highest BCUT2D eigenvalue weighted by Gasteiger charge is 2.31. The fraction of sp³-hybridized carbons (Fsp3) is 0.208. The maximum absolute atomic E-state index is 13.3. The zero-order valence-electron chi connectivity index (χ0n) is 18.8. The number of benzene rings is 2. The second-order valence-electron chi connectivity index (χ2n) is 7.88. The average molecular weight is 526 g/mol. The van der Waals surface area contributed by atoms with E-state index in [4.69, 9.17) is 23.2 Å². The number of alkyl halides is 3. The molecular weight excluding hydrogens is 506 g/mol. The van der Waals surface area contributed by atoms with Crippen LogP contribution >= 0.6 is 23.2 Å². The zero-order valence-corrected chi connectivity index (χ0v) is 20.3. The number of nitrogens with zero attached hydrogens (tertiary/aromatic N) is 2. The molecule has 184 valence electrons. The minimum atomic E-state index is -4.65. The van der Waals surface area contributed by atoms with Crippen LogP contribution in [0.25, 0.3) is 5.69 Å². The van der Waals surface area contributed by atoms with Gasteiger partial charge in [0, 0.05) is 32.0 Å². The lowest BCUT2D eigenvalue weighted by molar-refractivity contribution is -0.137. The van der Waals surface area contributed by atoms with Gasteiger partial charge in [0.25, 0.3) is 17.4 Å². The van der Waals surface area contributed by atoms with Crippen LogP contribution in [0, 0.1) is 6.92 Å². The molecule has 0 unspecified atom stereocenters. The minimum Gasteiger partial charge on any atom is -0.348 e. The van der Waals surface area contributed by atoms with Gasteiger partial charge in [-0.15, -0.1) is 0 Å². The molecule has 0 atom stereocenters. The van der Waals surface area contributed by atoms with E-state index in [1.165, 1.54) is 32.0 Å². The van der Waals surface area contributed by atoms with Gasteiger partial charge in [-0.3, -0.25) is 19.0 Å². The van der Waals surface area contributed by atoms with Crippen molar-refractivity contribution in [2.24, 2.45) is 0 Å². The highest BCUT2D eigenvalue weighted by molar-refractivity contribution is 6.42. The molecule has 11 heteroatoms. The Balaban J connectivity index is 2.12. The third-order valence-corrected chi connectivity index (χ3v) is 5.94. The van der Waals surface area contributed by atoms with E-state index < -0.39 is 34.7 Å². The van der Waals surface area contributed by atoms with E-state index in [-0.39, 0.29) is 28.5 Å². The summed E-state index contributed by atoms with van der Waals surface area (Å²) < 4.78 is 40.8. The molecular formula is C24H20Cl2F3N3O3. The molecule has 0 aliphatic rings. The first-order valence-corrected chi connectivity index (χ1v) is 10.9. The van der Waals surface area contributed by atoms with Crippen LogP contribution < -0.4 is 10.9 Å². The highest BCUT2D eigenvalue weighted by Crippen LogP contribution is 2.30. The van der Waals surface area contributed by atoms with E-state index in [1.807, 2.05) is 0 Å². The van der Waals surface area contributed by atoms with Crippen LogP contribution in [0.5, 0.6) is 0 Å². The van der Waals surface area contributed by atoms with Crippen molar-refractivity contribution in [3.63, 3.8) is 0 Å². The molecule has 3 aromatic rings. The molecule has 0 bridgehead atoms. The second kappa shape index (κ2) is 10.1. The standard InChI is InChI=1S/C24H20Cl2F3N3O3/c1-13-17(22(34)31(2)3)11-18(21(33)30-12-14-7-8-19(25)20(26)9-14)23(35)32(13)16-6-4-5-15(10-16)24(27,28)29/h4-11H,12H2,1-3H3,(H,30,33). The normalized spacial score (nSPS) is 11.3. The Labute approximate surface area is 208 Å². The average Bonchev–Trinajstić information content (AvgIpc) is 2.79. The van der Waals surface area contributed by atoms with Crippen molar-refractivity contribution in [2.45, 2.75) is 19.6 Å². The van der Waals surface area contributed by atoms with Gasteiger partial charge in [-0.25, -0.2) is 0 Å². The van der Waals surface area contributed by atoms with Crippen LogP contribution in [0.15, 0.2) is 53.3 Å². The number of hydrogen-bond acceptors (Lipinski definition) is 3. The third-order valence-electron chi connectivity index (χ3n) is 5.20. The molecule has 2 amide bonds. The number of carbonyl (C=O) groups excluding carboxylic acids is 2. The van der Waals surface area contributed by atoms with E-state index in [0.717, 1.165) is 28.8 Å². The summed E-state index contributed by atoms with van der Waals surface area (Å²) in [5.41, 5.74) is -1.70. The Morgan fingerprint density at radius 2 is 1.69 bits per heavy atom. The smallest absolute Gasteiger partial charge is 0.348 e. The maximum atomic E-state index is 13.3. The van der Waals surface area contributed by atoms with Gasteiger partial charge in [0.2, 0.25) is 0 Å². The van der Waals surface area contributed by atoms with Crippen molar-refractivity contribution >= 4 is 35.0 Å². The van der Waals surface area contributed by atoms with Crippen LogP contribution in [0.4, 0.5) is 13.2 Å². The molecule has 2 aromatic carbocycles. The highest BCUT2D eigenvalue weighted by atomic mass is 35.5. The largest absolute Gasteiger partial charge is 0.416 e. The van der Waals surface area contributed by atoms with Crippen LogP contribution in [0.3, 0.4) is 0 Å². The quantitative estimate of drug-likeness (QED) is 0.503. The minimum absolute atomic E-state index is 0.00769. The molecule has 6 nitrogen and oxygen atoms in total. The van der Waals surface area contributed by atoms with Crippen LogP contribution in [-0.2, 0) is 12.7 Å². The fourth-order valence-corrected chi connectivity index (χ4v) is 3.70. The third kappa shape index (κ3) is 5.68. The van der Waals surface area contributed by atoms with Gasteiger partial charge in [-0.05, 0) is 48.9 Å². The van der Waals surface area contributed by atoms with Gasteiger partial charge in [0.1, 0.15) is 5.56 Å². The van der Waals surface area contributed by atoms with Crippen LogP contribution in [0.2, 0.25) is 10.0 Å². The molecule has 1 aromatic heterocycles. The van der Waals surface area contributed by atoms with E-state index >= 15 is 0 Å². The number of rotatable bonds is 5. The Morgan fingerprint density at radius 3 is 2.29 bits per heavy atom. The molecule has 35 heavy (non-hydrogen) atoms. The molecule has 0 aliphatic carbocycles. The Hall–Kier alpha value is -3.30. The molecule has 0 saturated carbocycles. The van der Waals surface area contributed by atoms with E-state index in [1.54, 1.807) is 18.2 Å².